The first-order chi connectivity index (χ1) is 5.65. The minimum Gasteiger partial charge on any atom is -0.505 e. The van der Waals surface area contributed by atoms with E-state index in [9.17, 15) is 4.39 Å². The first-order valence-electron chi connectivity index (χ1n) is 3.59. The zero-order valence-electron chi connectivity index (χ0n) is 6.50. The maximum atomic E-state index is 12.7. The summed E-state index contributed by atoms with van der Waals surface area (Å²) in [4.78, 5) is 0. The second-order valence-corrected chi connectivity index (χ2v) is 2.55. The fourth-order valence-corrected chi connectivity index (χ4v) is 0.890. The zero-order chi connectivity index (χ0) is 9.14. The van der Waals surface area contributed by atoms with Crippen LogP contribution in [0.15, 0.2) is 18.2 Å². The number of rotatable bonds is 2. The quantitative estimate of drug-likeness (QED) is 0.604. The molecule has 0 aliphatic rings. The first-order valence-corrected chi connectivity index (χ1v) is 3.59. The van der Waals surface area contributed by atoms with Gasteiger partial charge in [0.1, 0.15) is 0 Å². The predicted octanol–water partition coefficient (Wildman–Crippen LogP) is 0.490. The third-order valence-corrected chi connectivity index (χ3v) is 1.65. The molecule has 12 heavy (non-hydrogen) atoms. The Morgan fingerprint density at radius 1 is 1.50 bits per heavy atom. The first kappa shape index (κ1) is 8.96. The summed E-state index contributed by atoms with van der Waals surface area (Å²) in [5.74, 6) is -1.04. The molecular weight excluding hydrogens is 159 g/mol. The second-order valence-electron chi connectivity index (χ2n) is 2.55. The third-order valence-electron chi connectivity index (χ3n) is 1.65. The molecule has 0 aromatic heterocycles. The summed E-state index contributed by atoms with van der Waals surface area (Å²) >= 11 is 0. The van der Waals surface area contributed by atoms with E-state index in [1.165, 1.54) is 12.1 Å². The molecule has 1 aromatic carbocycles. The molecule has 1 aromatic rings. The Labute approximate surface area is 69.8 Å². The van der Waals surface area contributed by atoms with E-state index >= 15 is 0 Å². The van der Waals surface area contributed by atoms with Crippen LogP contribution in [0.4, 0.5) is 4.39 Å². The van der Waals surface area contributed by atoms with Crippen LogP contribution in [0.2, 0.25) is 0 Å². The van der Waals surface area contributed by atoms with Crippen molar-refractivity contribution >= 4 is 0 Å². The predicted molar refractivity (Wildman–Crippen MR) is 44.0 cm³/mol. The Kier molecular flexibility index (Phi) is 2.62. The number of halogens is 1. The van der Waals surface area contributed by atoms with E-state index in [0.29, 0.717) is 5.56 Å². The van der Waals surface area contributed by atoms with Crippen LogP contribution in [0.1, 0.15) is 11.6 Å². The maximum Gasteiger partial charge on any atom is 0.165 e. The lowest BCUT2D eigenvalue weighted by Crippen LogP contribution is -2.20. The van der Waals surface area contributed by atoms with Gasteiger partial charge >= 0.3 is 0 Å². The summed E-state index contributed by atoms with van der Waals surface area (Å²) in [5.41, 5.74) is 11.4. The van der Waals surface area contributed by atoms with Crippen molar-refractivity contribution in [1.29, 1.82) is 0 Å². The summed E-state index contributed by atoms with van der Waals surface area (Å²) in [5, 5.41) is 8.85. The van der Waals surface area contributed by atoms with Crippen molar-refractivity contribution in [3.63, 3.8) is 0 Å². The molecule has 1 rings (SSSR count). The monoisotopic (exact) mass is 170 g/mol. The number of hydrogen-bond acceptors (Lipinski definition) is 3. The normalized spacial score (nSPS) is 12.9. The van der Waals surface area contributed by atoms with Crippen molar-refractivity contribution in [2.75, 3.05) is 6.54 Å². The number of phenols is 1. The number of benzene rings is 1. The van der Waals surface area contributed by atoms with Crippen LogP contribution < -0.4 is 11.5 Å². The van der Waals surface area contributed by atoms with Gasteiger partial charge in [0, 0.05) is 12.6 Å². The Bertz CT molecular complexity index is 278. The third kappa shape index (κ3) is 1.72. The van der Waals surface area contributed by atoms with Crippen molar-refractivity contribution in [2.45, 2.75) is 6.04 Å². The minimum atomic E-state index is -0.670. The molecule has 3 nitrogen and oxygen atoms in total. The minimum absolute atomic E-state index is 0.254. The summed E-state index contributed by atoms with van der Waals surface area (Å²) in [6.45, 7) is 0.254. The van der Waals surface area contributed by atoms with Gasteiger partial charge in [-0.05, 0) is 17.7 Å². The molecule has 0 radical (unpaired) electrons. The van der Waals surface area contributed by atoms with Gasteiger partial charge in [-0.2, -0.15) is 0 Å². The average molecular weight is 170 g/mol. The van der Waals surface area contributed by atoms with Gasteiger partial charge in [-0.1, -0.05) is 6.07 Å². The molecular formula is C8H11FN2O. The molecule has 0 spiro atoms. The van der Waals surface area contributed by atoms with Crippen LogP contribution in [0.25, 0.3) is 0 Å². The highest BCUT2D eigenvalue weighted by atomic mass is 19.1. The molecule has 0 saturated carbocycles. The van der Waals surface area contributed by atoms with Crippen LogP contribution in [0, 0.1) is 5.82 Å². The van der Waals surface area contributed by atoms with Crippen molar-refractivity contribution in [3.05, 3.63) is 29.6 Å². The van der Waals surface area contributed by atoms with Crippen LogP contribution >= 0.6 is 0 Å². The van der Waals surface area contributed by atoms with E-state index in [4.69, 9.17) is 16.6 Å². The van der Waals surface area contributed by atoms with Crippen LogP contribution in [-0.4, -0.2) is 11.7 Å². The fraction of sp³-hybridized carbons (Fsp3) is 0.250. The highest BCUT2D eigenvalue weighted by molar-refractivity contribution is 5.29. The number of aromatic hydroxyl groups is 1. The van der Waals surface area contributed by atoms with Crippen LogP contribution in [-0.2, 0) is 0 Å². The largest absolute Gasteiger partial charge is 0.505 e. The molecule has 0 saturated heterocycles. The van der Waals surface area contributed by atoms with Gasteiger partial charge in [-0.15, -0.1) is 0 Å². The summed E-state index contributed by atoms with van der Waals surface area (Å²) in [6, 6.07) is 3.63. The molecule has 0 heterocycles. The van der Waals surface area contributed by atoms with Gasteiger partial charge in [0.15, 0.2) is 11.6 Å². The molecule has 0 fully saturated rings. The van der Waals surface area contributed by atoms with Gasteiger partial charge in [-0.3, -0.25) is 0 Å². The van der Waals surface area contributed by atoms with E-state index in [2.05, 4.69) is 0 Å². The zero-order valence-corrected chi connectivity index (χ0v) is 6.50. The van der Waals surface area contributed by atoms with Gasteiger partial charge in [-0.25, -0.2) is 4.39 Å². The highest BCUT2D eigenvalue weighted by Crippen LogP contribution is 2.18. The van der Waals surface area contributed by atoms with E-state index in [0.717, 1.165) is 0 Å². The number of phenolic OH excluding ortho intramolecular Hbond substituents is 1. The molecule has 0 aliphatic heterocycles. The maximum absolute atomic E-state index is 12.7. The number of nitrogens with two attached hydrogens (primary N) is 2. The molecule has 4 heteroatoms. The van der Waals surface area contributed by atoms with Crippen molar-refractivity contribution in [2.24, 2.45) is 11.5 Å². The van der Waals surface area contributed by atoms with E-state index in [1.54, 1.807) is 6.07 Å². The lowest BCUT2D eigenvalue weighted by atomic mass is 10.1. The van der Waals surface area contributed by atoms with Crippen molar-refractivity contribution < 1.29 is 9.50 Å². The average Bonchev–Trinajstić information content (AvgIpc) is 2.08. The topological polar surface area (TPSA) is 72.3 Å². The fourth-order valence-electron chi connectivity index (χ4n) is 0.890. The molecule has 0 amide bonds. The van der Waals surface area contributed by atoms with E-state index < -0.39 is 5.82 Å². The lowest BCUT2D eigenvalue weighted by Gasteiger charge is -2.08. The Hall–Kier alpha value is -1.13. The Morgan fingerprint density at radius 3 is 2.67 bits per heavy atom. The second kappa shape index (κ2) is 3.51. The van der Waals surface area contributed by atoms with Gasteiger partial charge in [0.2, 0.25) is 0 Å². The van der Waals surface area contributed by atoms with Crippen LogP contribution in [0.5, 0.6) is 5.75 Å². The molecule has 0 aliphatic carbocycles. The van der Waals surface area contributed by atoms with Crippen molar-refractivity contribution in [3.8, 4) is 5.75 Å². The number of hydrogen-bond donors (Lipinski definition) is 3. The van der Waals surface area contributed by atoms with E-state index in [1.807, 2.05) is 0 Å². The molecule has 1 atom stereocenters. The van der Waals surface area contributed by atoms with Crippen LogP contribution in [0.3, 0.4) is 0 Å². The molecule has 66 valence electrons. The molecule has 0 bridgehead atoms. The molecule has 0 unspecified atom stereocenters. The van der Waals surface area contributed by atoms with Gasteiger partial charge in [0.05, 0.1) is 0 Å². The summed E-state index contributed by atoms with van der Waals surface area (Å²) in [7, 11) is 0. The van der Waals surface area contributed by atoms with Gasteiger partial charge < -0.3 is 16.6 Å². The SMILES string of the molecule is NC[C@H](N)c1ccc(O)c(F)c1. The smallest absolute Gasteiger partial charge is 0.165 e. The van der Waals surface area contributed by atoms with Crippen molar-refractivity contribution in [1.82, 2.24) is 0 Å². The molecule has 5 N–H and O–H groups in total. The highest BCUT2D eigenvalue weighted by Gasteiger charge is 2.06. The standard InChI is InChI=1S/C8H11FN2O/c9-6-3-5(7(11)4-10)1-2-8(6)12/h1-3,7,12H,4,10-11H2/t7-/m0/s1. The lowest BCUT2D eigenvalue weighted by molar-refractivity contribution is 0.431. The Balaban J connectivity index is 2.96. The summed E-state index contributed by atoms with van der Waals surface area (Å²) < 4.78 is 12.7. The van der Waals surface area contributed by atoms with E-state index in [-0.39, 0.29) is 18.3 Å². The van der Waals surface area contributed by atoms with Gasteiger partial charge in [0.25, 0.3) is 0 Å². The Morgan fingerprint density at radius 2 is 2.17 bits per heavy atom. The summed E-state index contributed by atoms with van der Waals surface area (Å²) in [6.07, 6.45) is 0.